The number of nitrogens with two attached hydrogens (primary N) is 1. The summed E-state index contributed by atoms with van der Waals surface area (Å²) in [5.74, 6) is -0.648. The third-order valence-electron chi connectivity index (χ3n) is 2.89. The summed E-state index contributed by atoms with van der Waals surface area (Å²) in [7, 11) is -1.09. The minimum atomic E-state index is -3.76. The van der Waals surface area contributed by atoms with Crippen molar-refractivity contribution < 1.29 is 17.9 Å². The van der Waals surface area contributed by atoms with Gasteiger partial charge in [-0.1, -0.05) is 0 Å². The molecule has 0 saturated heterocycles. The minimum absolute atomic E-state index is 0.00662. The summed E-state index contributed by atoms with van der Waals surface area (Å²) in [5, 5.41) is 1.63. The second kappa shape index (κ2) is 6.00. The van der Waals surface area contributed by atoms with Gasteiger partial charge >= 0.3 is 5.97 Å². The van der Waals surface area contributed by atoms with Crippen molar-refractivity contribution >= 4 is 27.3 Å². The predicted octanol–water partition coefficient (Wildman–Crippen LogP) is 0.811. The zero-order chi connectivity index (χ0) is 14.8. The monoisotopic (exact) mass is 306 g/mol. The van der Waals surface area contributed by atoms with E-state index in [-0.39, 0.29) is 22.4 Å². The first-order valence-corrected chi connectivity index (χ1v) is 7.93. The van der Waals surface area contributed by atoms with E-state index < -0.39 is 16.0 Å². The van der Waals surface area contributed by atoms with Crippen LogP contribution in [0.5, 0.6) is 0 Å². The van der Waals surface area contributed by atoms with E-state index in [1.54, 1.807) is 19.2 Å². The number of hydrogen-bond donors (Lipinski definition) is 1. The molecule has 19 heavy (non-hydrogen) atoms. The van der Waals surface area contributed by atoms with E-state index >= 15 is 0 Å². The predicted molar refractivity (Wildman–Crippen MR) is 73.9 cm³/mol. The Morgan fingerprint density at radius 3 is 2.63 bits per heavy atom. The number of likely N-dealkylation sites (N-methyl/N-ethyl adjacent to an activating group) is 1. The highest BCUT2D eigenvalue weighted by atomic mass is 32.2. The van der Waals surface area contributed by atoms with E-state index in [0.29, 0.717) is 5.56 Å². The number of esters is 1. The number of rotatable bonds is 5. The molecule has 1 heterocycles. The molecule has 0 spiro atoms. The quantitative estimate of drug-likeness (QED) is 0.813. The molecule has 0 saturated carbocycles. The van der Waals surface area contributed by atoms with Gasteiger partial charge in [0.15, 0.2) is 0 Å². The highest BCUT2D eigenvalue weighted by Gasteiger charge is 2.32. The third-order valence-corrected chi connectivity index (χ3v) is 6.25. The van der Waals surface area contributed by atoms with Crippen LogP contribution in [-0.2, 0) is 14.8 Å². The number of nitrogens with zero attached hydrogens (tertiary/aromatic N) is 1. The van der Waals surface area contributed by atoms with Crippen molar-refractivity contribution in [2.45, 2.75) is 24.8 Å². The van der Waals surface area contributed by atoms with Crippen LogP contribution in [0.25, 0.3) is 0 Å². The van der Waals surface area contributed by atoms with Gasteiger partial charge in [-0.05, 0) is 24.8 Å². The maximum atomic E-state index is 12.5. The Bertz CT molecular complexity index is 565. The number of carbonyl (C=O) groups excluding carboxylic acids is 1. The molecule has 1 rings (SSSR count). The molecule has 8 heteroatoms. The van der Waals surface area contributed by atoms with Crippen LogP contribution in [0.1, 0.15) is 22.2 Å². The minimum Gasteiger partial charge on any atom is -0.465 e. The van der Waals surface area contributed by atoms with Crippen molar-refractivity contribution in [2.75, 3.05) is 20.7 Å². The molecule has 1 aromatic heterocycles. The summed E-state index contributed by atoms with van der Waals surface area (Å²) in [4.78, 5) is 11.7. The molecule has 0 amide bonds. The Balaban J connectivity index is 3.37. The van der Waals surface area contributed by atoms with Crippen LogP contribution < -0.4 is 5.73 Å². The lowest BCUT2D eigenvalue weighted by Gasteiger charge is -2.23. The highest BCUT2D eigenvalue weighted by Crippen LogP contribution is 2.30. The van der Waals surface area contributed by atoms with Crippen molar-refractivity contribution in [3.63, 3.8) is 0 Å². The topological polar surface area (TPSA) is 89.7 Å². The molecule has 0 aromatic carbocycles. The molecule has 1 aromatic rings. The normalized spacial score (nSPS) is 13.6. The number of ether oxygens (including phenoxy) is 1. The Morgan fingerprint density at radius 2 is 2.16 bits per heavy atom. The zero-order valence-corrected chi connectivity index (χ0v) is 13.0. The summed E-state index contributed by atoms with van der Waals surface area (Å²) in [5.41, 5.74) is 6.02. The summed E-state index contributed by atoms with van der Waals surface area (Å²) in [6.45, 7) is 3.56. The summed E-state index contributed by atoms with van der Waals surface area (Å²) in [6, 6.07) is -0.352. The second-order valence-electron chi connectivity index (χ2n) is 4.17. The molecule has 0 radical (unpaired) electrons. The number of methoxy groups -OCH3 is 1. The van der Waals surface area contributed by atoms with Crippen molar-refractivity contribution in [1.82, 2.24) is 4.31 Å². The summed E-state index contributed by atoms with van der Waals surface area (Å²) < 4.78 is 30.8. The van der Waals surface area contributed by atoms with Gasteiger partial charge in [-0.3, -0.25) is 0 Å². The van der Waals surface area contributed by atoms with Gasteiger partial charge in [0, 0.05) is 19.6 Å². The molecule has 6 nitrogen and oxygen atoms in total. The van der Waals surface area contributed by atoms with E-state index in [0.717, 1.165) is 11.3 Å². The van der Waals surface area contributed by atoms with E-state index in [1.807, 2.05) is 0 Å². The van der Waals surface area contributed by atoms with Crippen molar-refractivity contribution in [1.29, 1.82) is 0 Å². The van der Waals surface area contributed by atoms with Gasteiger partial charge in [0.05, 0.1) is 7.11 Å². The van der Waals surface area contributed by atoms with Crippen molar-refractivity contribution in [3.05, 3.63) is 15.8 Å². The first kappa shape index (κ1) is 16.1. The summed E-state index contributed by atoms with van der Waals surface area (Å²) in [6.07, 6.45) is 0. The lowest BCUT2D eigenvalue weighted by atomic mass is 10.3. The molecule has 108 valence electrons. The number of hydrogen-bond acceptors (Lipinski definition) is 6. The van der Waals surface area contributed by atoms with Gasteiger partial charge in [-0.15, -0.1) is 11.3 Å². The molecule has 1 unspecified atom stereocenters. The maximum absolute atomic E-state index is 12.5. The van der Waals surface area contributed by atoms with Crippen LogP contribution in [0, 0.1) is 6.92 Å². The first-order valence-electron chi connectivity index (χ1n) is 5.61. The fourth-order valence-corrected chi connectivity index (χ4v) is 4.54. The molecule has 0 aliphatic rings. The van der Waals surface area contributed by atoms with Crippen molar-refractivity contribution in [3.8, 4) is 0 Å². The number of aryl methyl sites for hydroxylation is 1. The highest BCUT2D eigenvalue weighted by molar-refractivity contribution is 7.89. The standard InChI is InChI=1S/C11H18N2O4S2/c1-7-6-18-9(11(14)17-4)10(7)19(15,16)13(3)8(2)5-12/h6,8H,5,12H2,1-4H3. The zero-order valence-electron chi connectivity index (χ0n) is 11.3. The fourth-order valence-electron chi connectivity index (χ4n) is 1.52. The Hall–Kier alpha value is -0.960. The van der Waals surface area contributed by atoms with Crippen molar-refractivity contribution in [2.24, 2.45) is 5.73 Å². The smallest absolute Gasteiger partial charge is 0.349 e. The Labute approximate surface area is 117 Å². The third kappa shape index (κ3) is 2.97. The molecule has 0 aliphatic carbocycles. The average molecular weight is 306 g/mol. The van der Waals surface area contributed by atoms with E-state index in [2.05, 4.69) is 4.74 Å². The fraction of sp³-hybridized carbons (Fsp3) is 0.545. The van der Waals surface area contributed by atoms with Gasteiger partial charge in [-0.25, -0.2) is 13.2 Å². The van der Waals surface area contributed by atoms with Gasteiger partial charge in [-0.2, -0.15) is 4.31 Å². The first-order chi connectivity index (χ1) is 8.77. The van der Waals surface area contributed by atoms with Crippen LogP contribution in [-0.4, -0.2) is 45.4 Å². The van der Waals surface area contributed by atoms with Crippen LogP contribution in [0.15, 0.2) is 10.3 Å². The van der Waals surface area contributed by atoms with Gasteiger partial charge in [0.1, 0.15) is 9.77 Å². The second-order valence-corrected chi connectivity index (χ2v) is 6.99. The van der Waals surface area contributed by atoms with Crippen LogP contribution >= 0.6 is 11.3 Å². The Morgan fingerprint density at radius 1 is 1.58 bits per heavy atom. The largest absolute Gasteiger partial charge is 0.465 e. The van der Waals surface area contributed by atoms with E-state index in [9.17, 15) is 13.2 Å². The van der Waals surface area contributed by atoms with Crippen LogP contribution in [0.4, 0.5) is 0 Å². The molecule has 0 aliphatic heterocycles. The SMILES string of the molecule is COC(=O)c1scc(C)c1S(=O)(=O)N(C)C(C)CN. The van der Waals surface area contributed by atoms with Gasteiger partial charge in [0.2, 0.25) is 10.0 Å². The number of thiophene rings is 1. The maximum Gasteiger partial charge on any atom is 0.349 e. The lowest BCUT2D eigenvalue weighted by Crippen LogP contribution is -2.40. The number of sulfonamides is 1. The van der Waals surface area contributed by atoms with Gasteiger partial charge < -0.3 is 10.5 Å². The lowest BCUT2D eigenvalue weighted by molar-refractivity contribution is 0.0602. The van der Waals surface area contributed by atoms with Crippen LogP contribution in [0.2, 0.25) is 0 Å². The summed E-state index contributed by atoms with van der Waals surface area (Å²) >= 11 is 1.06. The molecule has 1 atom stereocenters. The average Bonchev–Trinajstić information content (AvgIpc) is 2.78. The van der Waals surface area contributed by atoms with E-state index in [4.69, 9.17) is 5.73 Å². The van der Waals surface area contributed by atoms with Gasteiger partial charge in [0.25, 0.3) is 0 Å². The Kier molecular flexibility index (Phi) is 5.08. The molecular formula is C11H18N2O4S2. The molecule has 0 bridgehead atoms. The molecule has 2 N–H and O–H groups in total. The van der Waals surface area contributed by atoms with E-state index in [1.165, 1.54) is 18.5 Å². The molecule has 0 fully saturated rings. The molecular weight excluding hydrogens is 288 g/mol. The number of carbonyl (C=O) groups is 1. The van der Waals surface area contributed by atoms with Crippen LogP contribution in [0.3, 0.4) is 0 Å².